The van der Waals surface area contributed by atoms with Crippen molar-refractivity contribution >= 4 is 11.7 Å². The van der Waals surface area contributed by atoms with Crippen LogP contribution in [0, 0.1) is 5.92 Å². The summed E-state index contributed by atoms with van der Waals surface area (Å²) in [5.74, 6) is 1.60. The minimum atomic E-state index is 0.132. The number of unbranched alkanes of at least 4 members (excludes halogenated alkanes) is 2. The third-order valence-corrected chi connectivity index (χ3v) is 5.36. The third kappa shape index (κ3) is 5.81. The highest BCUT2D eigenvalue weighted by atomic mass is 16.2. The summed E-state index contributed by atoms with van der Waals surface area (Å²) in [6.07, 6.45) is 8.55. The number of nitrogens with zero attached hydrogens (tertiary/aromatic N) is 2. The molecule has 4 heteroatoms. The number of aromatic nitrogens is 1. The van der Waals surface area contributed by atoms with E-state index in [-0.39, 0.29) is 5.91 Å². The van der Waals surface area contributed by atoms with E-state index in [1.807, 2.05) is 17.0 Å². The Balaban J connectivity index is 1.50. The minimum Gasteiger partial charge on any atom is -0.370 e. The fourth-order valence-corrected chi connectivity index (χ4v) is 3.72. The Morgan fingerprint density at radius 2 is 1.93 bits per heavy atom. The molecule has 1 N–H and O–H groups in total. The first-order chi connectivity index (χ1) is 13.3. The molecule has 27 heavy (non-hydrogen) atoms. The van der Waals surface area contributed by atoms with Crippen molar-refractivity contribution in [2.75, 3.05) is 25.0 Å². The molecule has 2 heterocycles. The Labute approximate surface area is 163 Å². The van der Waals surface area contributed by atoms with Crippen molar-refractivity contribution < 1.29 is 4.79 Å². The molecule has 144 valence electrons. The zero-order valence-corrected chi connectivity index (χ0v) is 16.4. The molecule has 1 aromatic carbocycles. The van der Waals surface area contributed by atoms with Crippen molar-refractivity contribution in [3.63, 3.8) is 0 Å². The van der Waals surface area contributed by atoms with Crippen molar-refractivity contribution in [3.8, 4) is 0 Å². The summed E-state index contributed by atoms with van der Waals surface area (Å²) in [5, 5.41) is 3.33. The minimum absolute atomic E-state index is 0.132. The molecule has 4 nitrogen and oxygen atoms in total. The summed E-state index contributed by atoms with van der Waals surface area (Å²) in [6.45, 7) is 4.79. The lowest BCUT2D eigenvalue weighted by Gasteiger charge is -2.32. The third-order valence-electron chi connectivity index (χ3n) is 5.36. The van der Waals surface area contributed by atoms with Gasteiger partial charge in [0.1, 0.15) is 5.82 Å². The van der Waals surface area contributed by atoms with Crippen LogP contribution in [-0.2, 0) is 6.42 Å². The molecule has 0 aliphatic carbocycles. The van der Waals surface area contributed by atoms with E-state index in [1.54, 1.807) is 6.20 Å². The van der Waals surface area contributed by atoms with Crippen LogP contribution in [0.15, 0.2) is 48.7 Å². The first-order valence-corrected chi connectivity index (χ1v) is 10.3. The van der Waals surface area contributed by atoms with E-state index in [4.69, 9.17) is 0 Å². The molecule has 0 radical (unpaired) electrons. The molecule has 1 aliphatic heterocycles. The zero-order valence-electron chi connectivity index (χ0n) is 16.4. The standard InChI is InChI=1S/C23H31N3O/c1-2-3-7-13-24-22-18-21(10-14-25-22)23(27)26-15-11-20(12-16-26)17-19-8-5-4-6-9-19/h4-6,8-10,14,18,20H,2-3,7,11-13,15-17H2,1H3,(H,24,25). The number of anilines is 1. The summed E-state index contributed by atoms with van der Waals surface area (Å²) < 4.78 is 0. The lowest BCUT2D eigenvalue weighted by atomic mass is 9.90. The smallest absolute Gasteiger partial charge is 0.254 e. The van der Waals surface area contributed by atoms with E-state index in [0.29, 0.717) is 5.92 Å². The fourth-order valence-electron chi connectivity index (χ4n) is 3.72. The molecule has 1 amide bonds. The first kappa shape index (κ1) is 19.4. The second-order valence-electron chi connectivity index (χ2n) is 7.49. The van der Waals surface area contributed by atoms with E-state index < -0.39 is 0 Å². The molecule has 1 fully saturated rings. The van der Waals surface area contributed by atoms with Crippen molar-refractivity contribution in [2.24, 2.45) is 5.92 Å². The van der Waals surface area contributed by atoms with Crippen LogP contribution in [0.25, 0.3) is 0 Å². The van der Waals surface area contributed by atoms with E-state index in [9.17, 15) is 4.79 Å². The number of nitrogens with one attached hydrogen (secondary N) is 1. The van der Waals surface area contributed by atoms with Gasteiger partial charge in [0.15, 0.2) is 0 Å². The second-order valence-corrected chi connectivity index (χ2v) is 7.49. The Morgan fingerprint density at radius 3 is 2.67 bits per heavy atom. The predicted molar refractivity (Wildman–Crippen MR) is 111 cm³/mol. The highest BCUT2D eigenvalue weighted by Crippen LogP contribution is 2.23. The molecule has 0 bridgehead atoms. The molecule has 0 atom stereocenters. The normalized spacial score (nSPS) is 14.9. The quantitative estimate of drug-likeness (QED) is 0.685. The van der Waals surface area contributed by atoms with Gasteiger partial charge in [-0.05, 0) is 49.3 Å². The van der Waals surface area contributed by atoms with Gasteiger partial charge in [-0.3, -0.25) is 4.79 Å². The number of pyridine rings is 1. The van der Waals surface area contributed by atoms with Crippen molar-refractivity contribution in [1.29, 1.82) is 0 Å². The van der Waals surface area contributed by atoms with Crippen molar-refractivity contribution in [1.82, 2.24) is 9.88 Å². The van der Waals surface area contributed by atoms with E-state index in [1.165, 1.54) is 18.4 Å². The number of piperidine rings is 1. The Morgan fingerprint density at radius 1 is 1.15 bits per heavy atom. The first-order valence-electron chi connectivity index (χ1n) is 10.3. The van der Waals surface area contributed by atoms with Gasteiger partial charge in [-0.25, -0.2) is 4.98 Å². The second kappa shape index (κ2) is 10.1. The fraction of sp³-hybridized carbons (Fsp3) is 0.478. The number of carbonyl (C=O) groups is 1. The molecule has 0 saturated carbocycles. The van der Waals surface area contributed by atoms with E-state index >= 15 is 0 Å². The number of rotatable bonds is 8. The Kier molecular flexibility index (Phi) is 7.26. The number of carbonyl (C=O) groups excluding carboxylic acids is 1. The maximum Gasteiger partial charge on any atom is 0.254 e. The maximum absolute atomic E-state index is 12.9. The summed E-state index contributed by atoms with van der Waals surface area (Å²) in [7, 11) is 0. The van der Waals surface area contributed by atoms with Crippen LogP contribution in [-0.4, -0.2) is 35.4 Å². The molecule has 1 aromatic heterocycles. The van der Waals surface area contributed by atoms with Gasteiger partial charge in [-0.15, -0.1) is 0 Å². The molecular formula is C23H31N3O. The van der Waals surface area contributed by atoms with Gasteiger partial charge in [0.05, 0.1) is 0 Å². The van der Waals surface area contributed by atoms with E-state index in [2.05, 4.69) is 47.6 Å². The number of likely N-dealkylation sites (tertiary alicyclic amines) is 1. The lowest BCUT2D eigenvalue weighted by Crippen LogP contribution is -2.39. The van der Waals surface area contributed by atoms with Gasteiger partial charge in [0.25, 0.3) is 5.91 Å². The van der Waals surface area contributed by atoms with Crippen LogP contribution in [0.1, 0.15) is 54.9 Å². The average molecular weight is 366 g/mol. The largest absolute Gasteiger partial charge is 0.370 e. The Bertz CT molecular complexity index is 709. The van der Waals surface area contributed by atoms with Gasteiger partial charge >= 0.3 is 0 Å². The number of benzene rings is 1. The van der Waals surface area contributed by atoms with Crippen LogP contribution >= 0.6 is 0 Å². The number of hydrogen-bond donors (Lipinski definition) is 1. The van der Waals surface area contributed by atoms with Crippen molar-refractivity contribution in [3.05, 3.63) is 59.8 Å². The van der Waals surface area contributed by atoms with Crippen LogP contribution in [0.5, 0.6) is 0 Å². The maximum atomic E-state index is 12.9. The van der Waals surface area contributed by atoms with Gasteiger partial charge in [-0.1, -0.05) is 50.1 Å². The molecule has 0 spiro atoms. The van der Waals surface area contributed by atoms with Gasteiger partial charge in [0.2, 0.25) is 0 Å². The monoisotopic (exact) mass is 365 g/mol. The highest BCUT2D eigenvalue weighted by molar-refractivity contribution is 5.94. The van der Waals surface area contributed by atoms with Crippen LogP contribution < -0.4 is 5.32 Å². The van der Waals surface area contributed by atoms with Crippen LogP contribution in [0.3, 0.4) is 0 Å². The zero-order chi connectivity index (χ0) is 18.9. The SMILES string of the molecule is CCCCCNc1cc(C(=O)N2CCC(Cc3ccccc3)CC2)ccn1. The summed E-state index contributed by atoms with van der Waals surface area (Å²) in [5.41, 5.74) is 2.14. The lowest BCUT2D eigenvalue weighted by molar-refractivity contribution is 0.0690. The van der Waals surface area contributed by atoms with E-state index in [0.717, 1.165) is 56.7 Å². The number of hydrogen-bond acceptors (Lipinski definition) is 3. The van der Waals surface area contributed by atoms with Gasteiger partial charge in [0, 0.05) is 31.4 Å². The molecule has 1 aliphatic rings. The summed E-state index contributed by atoms with van der Waals surface area (Å²) in [6, 6.07) is 14.4. The molecule has 1 saturated heterocycles. The summed E-state index contributed by atoms with van der Waals surface area (Å²) >= 11 is 0. The predicted octanol–water partition coefficient (Wildman–Crippen LogP) is 4.78. The summed E-state index contributed by atoms with van der Waals surface area (Å²) in [4.78, 5) is 19.2. The van der Waals surface area contributed by atoms with Crippen molar-refractivity contribution in [2.45, 2.75) is 45.4 Å². The molecular weight excluding hydrogens is 334 g/mol. The molecule has 2 aromatic rings. The number of amides is 1. The van der Waals surface area contributed by atoms with Gasteiger partial charge < -0.3 is 10.2 Å². The highest BCUT2D eigenvalue weighted by Gasteiger charge is 2.24. The topological polar surface area (TPSA) is 45.2 Å². The van der Waals surface area contributed by atoms with Crippen LogP contribution in [0.4, 0.5) is 5.82 Å². The molecule has 0 unspecified atom stereocenters. The van der Waals surface area contributed by atoms with Crippen LogP contribution in [0.2, 0.25) is 0 Å². The molecule has 3 rings (SSSR count). The van der Waals surface area contributed by atoms with Gasteiger partial charge in [-0.2, -0.15) is 0 Å². The Hall–Kier alpha value is -2.36. The average Bonchev–Trinajstić information content (AvgIpc) is 2.72.